The van der Waals surface area contributed by atoms with Gasteiger partial charge in [-0.05, 0) is 44.6 Å². The first-order valence-electron chi connectivity index (χ1n) is 6.83. The van der Waals surface area contributed by atoms with E-state index in [2.05, 4.69) is 4.72 Å². The van der Waals surface area contributed by atoms with Crippen molar-refractivity contribution in [1.29, 1.82) is 0 Å². The molecule has 0 heterocycles. The standard InChI is InChI=1S/C14H24FN3O2S/c1-10(2)5-13(9-18(3)4)17-21(19,20)14-7-11(15)6-12(16)8-14/h6-8,10,13,17H,5,9,16H2,1-4H3. The molecular weight excluding hydrogens is 293 g/mol. The fourth-order valence-corrected chi connectivity index (χ4v) is 3.50. The Kier molecular flexibility index (Phi) is 6.12. The molecule has 0 spiro atoms. The molecule has 0 aliphatic carbocycles. The van der Waals surface area contributed by atoms with E-state index in [-0.39, 0.29) is 16.6 Å². The first-order valence-corrected chi connectivity index (χ1v) is 8.31. The van der Waals surface area contributed by atoms with Gasteiger partial charge in [-0.15, -0.1) is 0 Å². The molecule has 1 aromatic rings. The second-order valence-corrected chi connectivity index (χ2v) is 7.64. The zero-order valence-electron chi connectivity index (χ0n) is 12.9. The number of rotatable bonds is 7. The monoisotopic (exact) mass is 317 g/mol. The van der Waals surface area contributed by atoms with Gasteiger partial charge in [0.15, 0.2) is 0 Å². The Morgan fingerprint density at radius 3 is 2.38 bits per heavy atom. The lowest BCUT2D eigenvalue weighted by Crippen LogP contribution is -2.42. The van der Waals surface area contributed by atoms with E-state index in [0.29, 0.717) is 18.9 Å². The van der Waals surface area contributed by atoms with Crippen LogP contribution in [0.1, 0.15) is 20.3 Å². The van der Waals surface area contributed by atoms with E-state index in [1.807, 2.05) is 32.8 Å². The molecular formula is C14H24FN3O2S. The fraction of sp³-hybridized carbons (Fsp3) is 0.571. The quantitative estimate of drug-likeness (QED) is 0.750. The Hall–Kier alpha value is -1.18. The molecule has 1 unspecified atom stereocenters. The Labute approximate surface area is 126 Å². The lowest BCUT2D eigenvalue weighted by Gasteiger charge is -2.24. The molecule has 0 aromatic heterocycles. The van der Waals surface area contributed by atoms with Gasteiger partial charge in [-0.2, -0.15) is 0 Å². The van der Waals surface area contributed by atoms with Crippen LogP contribution in [0.5, 0.6) is 0 Å². The van der Waals surface area contributed by atoms with Gasteiger partial charge in [-0.1, -0.05) is 13.8 Å². The molecule has 7 heteroatoms. The molecule has 0 radical (unpaired) electrons. The predicted molar refractivity (Wildman–Crippen MR) is 82.9 cm³/mol. The molecule has 0 bridgehead atoms. The predicted octanol–water partition coefficient (Wildman–Crippen LogP) is 1.66. The van der Waals surface area contributed by atoms with Gasteiger partial charge in [0, 0.05) is 18.3 Å². The van der Waals surface area contributed by atoms with E-state index in [1.54, 1.807) is 0 Å². The molecule has 0 saturated carbocycles. The van der Waals surface area contributed by atoms with Crippen molar-refractivity contribution in [3.05, 3.63) is 24.0 Å². The van der Waals surface area contributed by atoms with E-state index >= 15 is 0 Å². The number of nitrogen functional groups attached to an aromatic ring is 1. The summed E-state index contributed by atoms with van der Waals surface area (Å²) in [5.41, 5.74) is 5.59. The van der Waals surface area contributed by atoms with Crippen molar-refractivity contribution in [2.45, 2.75) is 31.2 Å². The first-order chi connectivity index (χ1) is 9.60. The molecule has 0 fully saturated rings. The highest BCUT2D eigenvalue weighted by atomic mass is 32.2. The summed E-state index contributed by atoms with van der Waals surface area (Å²) < 4.78 is 40.7. The highest BCUT2D eigenvalue weighted by molar-refractivity contribution is 7.89. The van der Waals surface area contributed by atoms with Gasteiger partial charge in [0.2, 0.25) is 10.0 Å². The van der Waals surface area contributed by atoms with Crippen molar-refractivity contribution in [1.82, 2.24) is 9.62 Å². The number of halogens is 1. The molecule has 5 nitrogen and oxygen atoms in total. The number of anilines is 1. The highest BCUT2D eigenvalue weighted by Gasteiger charge is 2.22. The summed E-state index contributed by atoms with van der Waals surface area (Å²) in [6.07, 6.45) is 0.697. The smallest absolute Gasteiger partial charge is 0.241 e. The van der Waals surface area contributed by atoms with Crippen molar-refractivity contribution in [2.24, 2.45) is 5.92 Å². The third kappa shape index (κ3) is 5.99. The van der Waals surface area contributed by atoms with Gasteiger partial charge in [-0.3, -0.25) is 0 Å². The van der Waals surface area contributed by atoms with Crippen LogP contribution in [0.25, 0.3) is 0 Å². The van der Waals surface area contributed by atoms with Crippen LogP contribution in [-0.2, 0) is 10.0 Å². The minimum absolute atomic E-state index is 0.0865. The number of nitrogens with two attached hydrogens (primary N) is 1. The molecule has 0 aliphatic rings. The summed E-state index contributed by atoms with van der Waals surface area (Å²) in [6.45, 7) is 4.62. The lowest BCUT2D eigenvalue weighted by atomic mass is 10.0. The van der Waals surface area contributed by atoms with Crippen molar-refractivity contribution < 1.29 is 12.8 Å². The first kappa shape index (κ1) is 17.9. The number of nitrogens with one attached hydrogen (secondary N) is 1. The number of hydrogen-bond acceptors (Lipinski definition) is 4. The maximum Gasteiger partial charge on any atom is 0.241 e. The van der Waals surface area contributed by atoms with Gasteiger partial charge in [-0.25, -0.2) is 17.5 Å². The van der Waals surface area contributed by atoms with Gasteiger partial charge >= 0.3 is 0 Å². The molecule has 1 atom stereocenters. The summed E-state index contributed by atoms with van der Waals surface area (Å²) in [5, 5.41) is 0. The van der Waals surface area contributed by atoms with Crippen molar-refractivity contribution in [3.63, 3.8) is 0 Å². The summed E-state index contributed by atoms with van der Waals surface area (Å²) in [5.74, 6) is -0.321. The van der Waals surface area contributed by atoms with Crippen LogP contribution in [0.2, 0.25) is 0 Å². The van der Waals surface area contributed by atoms with Gasteiger partial charge < -0.3 is 10.6 Å². The van der Waals surface area contributed by atoms with Crippen molar-refractivity contribution in [3.8, 4) is 0 Å². The van der Waals surface area contributed by atoms with E-state index in [0.717, 1.165) is 12.1 Å². The minimum Gasteiger partial charge on any atom is -0.399 e. The summed E-state index contributed by atoms with van der Waals surface area (Å²) in [4.78, 5) is 1.77. The number of nitrogens with zero attached hydrogens (tertiary/aromatic N) is 1. The zero-order valence-corrected chi connectivity index (χ0v) is 13.7. The minimum atomic E-state index is -3.79. The molecule has 1 rings (SSSR count). The van der Waals surface area contributed by atoms with Crippen LogP contribution in [0, 0.1) is 11.7 Å². The zero-order chi connectivity index (χ0) is 16.2. The SMILES string of the molecule is CC(C)CC(CN(C)C)NS(=O)(=O)c1cc(N)cc(F)c1. The maximum atomic E-state index is 13.3. The Balaban J connectivity index is 2.99. The van der Waals surface area contributed by atoms with Crippen LogP contribution in [-0.4, -0.2) is 40.0 Å². The lowest BCUT2D eigenvalue weighted by molar-refractivity contribution is 0.329. The second kappa shape index (κ2) is 7.20. The van der Waals surface area contributed by atoms with Gasteiger partial charge in [0.05, 0.1) is 4.90 Å². The molecule has 0 aliphatic heterocycles. The maximum absolute atomic E-state index is 13.3. The molecule has 0 amide bonds. The molecule has 3 N–H and O–H groups in total. The van der Waals surface area contributed by atoms with Crippen molar-refractivity contribution >= 4 is 15.7 Å². The Bertz CT molecular complexity index is 543. The third-order valence-corrected chi connectivity index (χ3v) is 4.37. The second-order valence-electron chi connectivity index (χ2n) is 5.93. The van der Waals surface area contributed by atoms with Crippen LogP contribution >= 0.6 is 0 Å². The van der Waals surface area contributed by atoms with E-state index < -0.39 is 15.8 Å². The molecule has 0 saturated heterocycles. The average Bonchev–Trinajstić information content (AvgIpc) is 2.24. The number of hydrogen-bond donors (Lipinski definition) is 2. The van der Waals surface area contributed by atoms with E-state index in [4.69, 9.17) is 5.73 Å². The Morgan fingerprint density at radius 1 is 1.29 bits per heavy atom. The van der Waals surface area contributed by atoms with Gasteiger partial charge in [0.1, 0.15) is 5.82 Å². The molecule has 120 valence electrons. The summed E-state index contributed by atoms with van der Waals surface area (Å²) in [6, 6.07) is 3.08. The van der Waals surface area contributed by atoms with Crippen LogP contribution in [0.15, 0.2) is 23.1 Å². The molecule has 21 heavy (non-hydrogen) atoms. The highest BCUT2D eigenvalue weighted by Crippen LogP contribution is 2.17. The topological polar surface area (TPSA) is 75.4 Å². The van der Waals surface area contributed by atoms with Gasteiger partial charge in [0.25, 0.3) is 0 Å². The number of benzene rings is 1. The average molecular weight is 317 g/mol. The number of likely N-dealkylation sites (N-methyl/N-ethyl adjacent to an activating group) is 1. The fourth-order valence-electron chi connectivity index (χ4n) is 2.20. The number of sulfonamides is 1. The third-order valence-electron chi connectivity index (χ3n) is 2.87. The van der Waals surface area contributed by atoms with Crippen LogP contribution < -0.4 is 10.5 Å². The molecule has 1 aromatic carbocycles. The van der Waals surface area contributed by atoms with E-state index in [9.17, 15) is 12.8 Å². The van der Waals surface area contributed by atoms with Crippen molar-refractivity contribution in [2.75, 3.05) is 26.4 Å². The Morgan fingerprint density at radius 2 is 1.90 bits per heavy atom. The summed E-state index contributed by atoms with van der Waals surface area (Å²) >= 11 is 0. The largest absolute Gasteiger partial charge is 0.399 e. The van der Waals surface area contributed by atoms with Crippen LogP contribution in [0.4, 0.5) is 10.1 Å². The van der Waals surface area contributed by atoms with E-state index in [1.165, 1.54) is 6.07 Å². The normalized spacial score (nSPS) is 13.9. The summed E-state index contributed by atoms with van der Waals surface area (Å²) in [7, 11) is -0.0388. The van der Waals surface area contributed by atoms with Crippen LogP contribution in [0.3, 0.4) is 0 Å².